The molecule has 0 saturated heterocycles. The molecule has 1 aliphatic rings. The molecule has 0 bridgehead atoms. The molecule has 1 atom stereocenters. The zero-order chi connectivity index (χ0) is 14.8. The lowest BCUT2D eigenvalue weighted by Crippen LogP contribution is -2.20. The van der Waals surface area contributed by atoms with Gasteiger partial charge in [0.2, 0.25) is 0 Å². The second-order valence-corrected chi connectivity index (χ2v) is 4.81. The first kappa shape index (κ1) is 13.5. The Bertz CT molecular complexity index is 678. The summed E-state index contributed by atoms with van der Waals surface area (Å²) in [6.45, 7) is 0. The van der Waals surface area contributed by atoms with Crippen molar-refractivity contribution >= 4 is 5.78 Å². The average molecular weight is 284 g/mol. The highest BCUT2D eigenvalue weighted by atomic mass is 16.5. The standard InChI is InChI=1S/C17H16O4/c1-19-15-9-5-7-12(17(15)20-2)16-10-13(18)11-6-3-4-8-14(11)21-16/h3-9,16H,10H2,1-2H3/t16-/m0/s1. The van der Waals surface area contributed by atoms with Gasteiger partial charge in [0.05, 0.1) is 26.2 Å². The van der Waals surface area contributed by atoms with Crippen LogP contribution >= 0.6 is 0 Å². The fourth-order valence-electron chi connectivity index (χ4n) is 2.61. The first-order valence-corrected chi connectivity index (χ1v) is 6.74. The Morgan fingerprint density at radius 1 is 1.05 bits per heavy atom. The van der Waals surface area contributed by atoms with Crippen LogP contribution < -0.4 is 14.2 Å². The largest absolute Gasteiger partial charge is 0.493 e. The molecular weight excluding hydrogens is 268 g/mol. The summed E-state index contributed by atoms with van der Waals surface area (Å²) in [5.74, 6) is 1.93. The van der Waals surface area contributed by atoms with Gasteiger partial charge >= 0.3 is 0 Å². The van der Waals surface area contributed by atoms with Gasteiger partial charge in [-0.05, 0) is 18.2 Å². The molecule has 0 aliphatic carbocycles. The maximum atomic E-state index is 12.3. The highest BCUT2D eigenvalue weighted by Crippen LogP contribution is 2.41. The normalized spacial score (nSPS) is 16.9. The highest BCUT2D eigenvalue weighted by Gasteiger charge is 2.30. The Morgan fingerprint density at radius 2 is 1.86 bits per heavy atom. The number of hydrogen-bond acceptors (Lipinski definition) is 4. The van der Waals surface area contributed by atoms with Crippen LogP contribution in [0.4, 0.5) is 0 Å². The Balaban J connectivity index is 2.02. The van der Waals surface area contributed by atoms with Crippen LogP contribution in [0.1, 0.15) is 28.4 Å². The Kier molecular flexibility index (Phi) is 3.52. The third kappa shape index (κ3) is 2.33. The minimum Gasteiger partial charge on any atom is -0.493 e. The van der Waals surface area contributed by atoms with Gasteiger partial charge in [-0.2, -0.15) is 0 Å². The predicted molar refractivity (Wildman–Crippen MR) is 78.3 cm³/mol. The minimum absolute atomic E-state index is 0.0757. The van der Waals surface area contributed by atoms with Gasteiger partial charge in [-0.25, -0.2) is 0 Å². The zero-order valence-electron chi connectivity index (χ0n) is 12.0. The molecule has 2 aromatic carbocycles. The number of ketones is 1. The van der Waals surface area contributed by atoms with Gasteiger partial charge in [-0.3, -0.25) is 4.79 Å². The predicted octanol–water partition coefficient (Wildman–Crippen LogP) is 3.41. The molecular formula is C17H16O4. The molecule has 0 unspecified atom stereocenters. The van der Waals surface area contributed by atoms with Crippen molar-refractivity contribution in [2.24, 2.45) is 0 Å². The average Bonchev–Trinajstić information content (AvgIpc) is 2.54. The van der Waals surface area contributed by atoms with E-state index in [1.807, 2.05) is 36.4 Å². The zero-order valence-corrected chi connectivity index (χ0v) is 12.0. The number of hydrogen-bond donors (Lipinski definition) is 0. The van der Waals surface area contributed by atoms with E-state index in [2.05, 4.69) is 0 Å². The molecule has 0 fully saturated rings. The van der Waals surface area contributed by atoms with Crippen molar-refractivity contribution in [1.29, 1.82) is 0 Å². The summed E-state index contributed by atoms with van der Waals surface area (Å²) >= 11 is 0. The lowest BCUT2D eigenvalue weighted by atomic mass is 9.95. The van der Waals surface area contributed by atoms with E-state index in [-0.39, 0.29) is 11.9 Å². The molecule has 21 heavy (non-hydrogen) atoms. The molecule has 0 amide bonds. The van der Waals surface area contributed by atoms with Crippen LogP contribution in [0.3, 0.4) is 0 Å². The molecule has 0 N–H and O–H groups in total. The number of benzene rings is 2. The third-order valence-corrected chi connectivity index (χ3v) is 3.61. The molecule has 1 heterocycles. The van der Waals surface area contributed by atoms with Crippen molar-refractivity contribution in [2.45, 2.75) is 12.5 Å². The van der Waals surface area contributed by atoms with Crippen LogP contribution in [-0.4, -0.2) is 20.0 Å². The van der Waals surface area contributed by atoms with Gasteiger partial charge in [0.25, 0.3) is 0 Å². The number of rotatable bonds is 3. The van der Waals surface area contributed by atoms with E-state index < -0.39 is 0 Å². The first-order valence-electron chi connectivity index (χ1n) is 6.74. The van der Waals surface area contributed by atoms with Crippen molar-refractivity contribution in [1.82, 2.24) is 0 Å². The molecule has 3 rings (SSSR count). The fraction of sp³-hybridized carbons (Fsp3) is 0.235. The second-order valence-electron chi connectivity index (χ2n) is 4.81. The van der Waals surface area contributed by atoms with Gasteiger partial charge in [0, 0.05) is 5.56 Å². The van der Waals surface area contributed by atoms with Crippen molar-refractivity contribution < 1.29 is 19.0 Å². The molecule has 0 saturated carbocycles. The molecule has 0 aromatic heterocycles. The number of methoxy groups -OCH3 is 2. The van der Waals surface area contributed by atoms with Gasteiger partial charge < -0.3 is 14.2 Å². The Hall–Kier alpha value is -2.49. The summed E-state index contributed by atoms with van der Waals surface area (Å²) in [6, 6.07) is 12.9. The van der Waals surface area contributed by atoms with Crippen LogP contribution in [0.15, 0.2) is 42.5 Å². The molecule has 4 heteroatoms. The van der Waals surface area contributed by atoms with E-state index in [9.17, 15) is 4.79 Å². The summed E-state index contributed by atoms with van der Waals surface area (Å²) in [6.07, 6.45) is -0.0713. The quantitative estimate of drug-likeness (QED) is 0.866. The van der Waals surface area contributed by atoms with Crippen molar-refractivity contribution in [3.05, 3.63) is 53.6 Å². The first-order chi connectivity index (χ1) is 10.2. The Labute approximate surface area is 123 Å². The van der Waals surface area contributed by atoms with Gasteiger partial charge in [-0.1, -0.05) is 24.3 Å². The maximum absolute atomic E-state index is 12.3. The van der Waals surface area contributed by atoms with Crippen LogP contribution in [-0.2, 0) is 0 Å². The molecule has 0 radical (unpaired) electrons. The van der Waals surface area contributed by atoms with Gasteiger partial charge in [-0.15, -0.1) is 0 Å². The van der Waals surface area contributed by atoms with Crippen molar-refractivity contribution in [3.8, 4) is 17.2 Å². The van der Waals surface area contributed by atoms with E-state index in [4.69, 9.17) is 14.2 Å². The summed E-state index contributed by atoms with van der Waals surface area (Å²) in [4.78, 5) is 12.3. The number of ether oxygens (including phenoxy) is 3. The molecule has 108 valence electrons. The van der Waals surface area contributed by atoms with Crippen LogP contribution in [0.2, 0.25) is 0 Å². The topological polar surface area (TPSA) is 44.8 Å². The SMILES string of the molecule is COc1cccc([C@@H]2CC(=O)c3ccccc3O2)c1OC. The van der Waals surface area contributed by atoms with Crippen LogP contribution in [0, 0.1) is 0 Å². The van der Waals surface area contributed by atoms with E-state index in [0.29, 0.717) is 29.2 Å². The van der Waals surface area contributed by atoms with E-state index in [1.165, 1.54) is 0 Å². The molecule has 2 aromatic rings. The summed E-state index contributed by atoms with van der Waals surface area (Å²) in [5, 5.41) is 0. The molecule has 0 spiro atoms. The van der Waals surface area contributed by atoms with Crippen molar-refractivity contribution in [2.75, 3.05) is 14.2 Å². The molecule has 4 nitrogen and oxygen atoms in total. The minimum atomic E-state index is -0.363. The van der Waals surface area contributed by atoms with Gasteiger partial charge in [0.1, 0.15) is 11.9 Å². The van der Waals surface area contributed by atoms with Crippen LogP contribution in [0.5, 0.6) is 17.2 Å². The highest BCUT2D eigenvalue weighted by molar-refractivity contribution is 6.00. The fourth-order valence-corrected chi connectivity index (χ4v) is 2.61. The maximum Gasteiger partial charge on any atom is 0.170 e. The van der Waals surface area contributed by atoms with E-state index in [1.54, 1.807) is 20.3 Å². The summed E-state index contributed by atoms with van der Waals surface area (Å²) in [7, 11) is 3.17. The number of carbonyl (C=O) groups excluding carboxylic acids is 1. The second kappa shape index (κ2) is 5.48. The summed E-state index contributed by atoms with van der Waals surface area (Å²) in [5.41, 5.74) is 1.45. The lowest BCUT2D eigenvalue weighted by Gasteiger charge is -2.27. The lowest BCUT2D eigenvalue weighted by molar-refractivity contribution is 0.0846. The monoisotopic (exact) mass is 284 g/mol. The van der Waals surface area contributed by atoms with Gasteiger partial charge in [0.15, 0.2) is 17.3 Å². The number of Topliss-reactive ketones (excluding diaryl/α,β-unsaturated/α-hetero) is 1. The van der Waals surface area contributed by atoms with Crippen molar-refractivity contribution in [3.63, 3.8) is 0 Å². The number of para-hydroxylation sites is 2. The van der Waals surface area contributed by atoms with E-state index in [0.717, 1.165) is 5.56 Å². The summed E-state index contributed by atoms with van der Waals surface area (Å²) < 4.78 is 16.7. The van der Waals surface area contributed by atoms with E-state index >= 15 is 0 Å². The number of fused-ring (bicyclic) bond motifs is 1. The smallest absolute Gasteiger partial charge is 0.170 e. The Morgan fingerprint density at radius 3 is 2.62 bits per heavy atom. The third-order valence-electron chi connectivity index (χ3n) is 3.61. The van der Waals surface area contributed by atoms with Crippen LogP contribution in [0.25, 0.3) is 0 Å². The molecule has 1 aliphatic heterocycles. The number of carbonyl (C=O) groups is 1.